The van der Waals surface area contributed by atoms with E-state index in [1.54, 1.807) is 0 Å². The number of aryl methyl sites for hydroxylation is 1. The monoisotopic (exact) mass is 569 g/mol. The van der Waals surface area contributed by atoms with Gasteiger partial charge in [-0.15, -0.1) is 0 Å². The second-order valence-electron chi connectivity index (χ2n) is 11.1. The highest BCUT2D eigenvalue weighted by Crippen LogP contribution is 2.41. The second kappa shape index (κ2) is 12.6. The molecule has 0 N–H and O–H groups in total. The number of hydrogen-bond donors (Lipinski definition) is 0. The third-order valence-corrected chi connectivity index (χ3v) is 9.18. The Labute approximate surface area is 247 Å². The summed E-state index contributed by atoms with van der Waals surface area (Å²) in [6.07, 6.45) is 8.86. The summed E-state index contributed by atoms with van der Waals surface area (Å²) in [5.41, 5.74) is 5.98. The van der Waals surface area contributed by atoms with E-state index in [9.17, 15) is 4.79 Å². The first-order chi connectivity index (χ1) is 19.3. The van der Waals surface area contributed by atoms with Crippen molar-refractivity contribution in [3.05, 3.63) is 112 Å². The van der Waals surface area contributed by atoms with Gasteiger partial charge < -0.3 is 4.74 Å². The lowest BCUT2D eigenvalue weighted by atomic mass is 9.90. The van der Waals surface area contributed by atoms with Gasteiger partial charge in [0.1, 0.15) is 5.60 Å². The van der Waals surface area contributed by atoms with Crippen LogP contribution in [0.5, 0.6) is 0 Å². The first kappa shape index (κ1) is 28.4. The number of nitrogens with zero attached hydrogens (tertiary/aromatic N) is 1. The topological polar surface area (TPSA) is 39.2 Å². The average Bonchev–Trinajstić information content (AvgIpc) is 3.76. The molecule has 0 amide bonds. The molecule has 0 saturated heterocycles. The maximum absolute atomic E-state index is 11.8. The van der Waals surface area contributed by atoms with E-state index in [4.69, 9.17) is 21.3 Å². The minimum Gasteiger partial charge on any atom is -0.455 e. The SMILES string of the molecule is CC(=O)OC(C)(C)c1ccccc1CC[C@@H](SCC1CC1)c1cccc(/C=C/c2ccc3ccc(Cl)cc3n2)c1. The van der Waals surface area contributed by atoms with E-state index in [0.717, 1.165) is 40.9 Å². The molecule has 3 nitrogen and oxygen atoms in total. The number of thioether (sulfide) groups is 1. The van der Waals surface area contributed by atoms with Gasteiger partial charge in [0.2, 0.25) is 0 Å². The van der Waals surface area contributed by atoms with Crippen LogP contribution in [0.3, 0.4) is 0 Å². The highest BCUT2D eigenvalue weighted by molar-refractivity contribution is 7.99. The minimum atomic E-state index is -0.661. The van der Waals surface area contributed by atoms with Gasteiger partial charge in [-0.05, 0) is 97.7 Å². The molecular formula is C35H36ClNO2S. The van der Waals surface area contributed by atoms with E-state index in [1.807, 2.05) is 44.2 Å². The molecule has 1 heterocycles. The van der Waals surface area contributed by atoms with Gasteiger partial charge in [-0.1, -0.05) is 78.3 Å². The van der Waals surface area contributed by atoms with Crippen molar-refractivity contribution in [2.75, 3.05) is 5.75 Å². The van der Waals surface area contributed by atoms with Gasteiger partial charge in [-0.25, -0.2) is 4.98 Å². The van der Waals surface area contributed by atoms with E-state index < -0.39 is 5.60 Å². The molecule has 40 heavy (non-hydrogen) atoms. The van der Waals surface area contributed by atoms with Gasteiger partial charge in [0.25, 0.3) is 0 Å². The van der Waals surface area contributed by atoms with Crippen LogP contribution in [0.15, 0.2) is 78.9 Å². The summed E-state index contributed by atoms with van der Waals surface area (Å²) in [5, 5.41) is 2.16. The molecule has 0 spiro atoms. The number of halogens is 1. The van der Waals surface area contributed by atoms with Crippen molar-refractivity contribution in [1.82, 2.24) is 4.98 Å². The molecular weight excluding hydrogens is 534 g/mol. The summed E-state index contributed by atoms with van der Waals surface area (Å²) in [4.78, 5) is 16.5. The zero-order valence-corrected chi connectivity index (χ0v) is 25.0. The quantitative estimate of drug-likeness (QED) is 0.168. The van der Waals surface area contributed by atoms with Crippen LogP contribution in [0.4, 0.5) is 0 Å². The van der Waals surface area contributed by atoms with E-state index in [0.29, 0.717) is 10.3 Å². The van der Waals surface area contributed by atoms with Crippen molar-refractivity contribution in [1.29, 1.82) is 0 Å². The first-order valence-corrected chi connectivity index (χ1v) is 15.4. The summed E-state index contributed by atoms with van der Waals surface area (Å²) >= 11 is 8.26. The fourth-order valence-corrected chi connectivity index (χ4v) is 6.78. The molecule has 5 heteroatoms. The largest absolute Gasteiger partial charge is 0.455 e. The Balaban J connectivity index is 1.34. The molecule has 4 aromatic rings. The van der Waals surface area contributed by atoms with Crippen LogP contribution in [0.2, 0.25) is 5.02 Å². The number of esters is 1. The highest BCUT2D eigenvalue weighted by Gasteiger charge is 2.27. The molecule has 206 valence electrons. The van der Waals surface area contributed by atoms with Crippen molar-refractivity contribution in [2.24, 2.45) is 5.92 Å². The number of hydrogen-bond acceptors (Lipinski definition) is 4. The molecule has 3 aromatic carbocycles. The van der Waals surface area contributed by atoms with Gasteiger partial charge in [-0.3, -0.25) is 4.79 Å². The van der Waals surface area contributed by atoms with Crippen molar-refractivity contribution >= 4 is 52.4 Å². The molecule has 0 unspecified atom stereocenters. The number of rotatable bonds is 11. The summed E-state index contributed by atoms with van der Waals surface area (Å²) in [5.74, 6) is 1.80. The van der Waals surface area contributed by atoms with Crippen LogP contribution in [-0.4, -0.2) is 16.7 Å². The third kappa shape index (κ3) is 7.56. The van der Waals surface area contributed by atoms with E-state index in [2.05, 4.69) is 72.4 Å². The zero-order valence-electron chi connectivity index (χ0n) is 23.4. The van der Waals surface area contributed by atoms with Crippen molar-refractivity contribution in [2.45, 2.75) is 57.3 Å². The zero-order chi connectivity index (χ0) is 28.1. The summed E-state index contributed by atoms with van der Waals surface area (Å²) < 4.78 is 5.69. The van der Waals surface area contributed by atoms with Crippen molar-refractivity contribution in [3.8, 4) is 0 Å². The van der Waals surface area contributed by atoms with Crippen molar-refractivity contribution in [3.63, 3.8) is 0 Å². The minimum absolute atomic E-state index is 0.259. The van der Waals surface area contributed by atoms with Crippen LogP contribution < -0.4 is 0 Å². The Bertz CT molecular complexity index is 1530. The van der Waals surface area contributed by atoms with Crippen molar-refractivity contribution < 1.29 is 9.53 Å². The average molecular weight is 570 g/mol. The molecule has 1 atom stereocenters. The molecule has 1 aromatic heterocycles. The molecule has 1 saturated carbocycles. The molecule has 1 aliphatic carbocycles. The fourth-order valence-electron chi connectivity index (χ4n) is 5.15. The maximum Gasteiger partial charge on any atom is 0.303 e. The Morgan fingerprint density at radius 1 is 1.05 bits per heavy atom. The van der Waals surface area contributed by atoms with Crippen LogP contribution >= 0.6 is 23.4 Å². The van der Waals surface area contributed by atoms with Crippen LogP contribution in [0.25, 0.3) is 23.1 Å². The summed E-state index contributed by atoms with van der Waals surface area (Å²) in [6.45, 7) is 5.42. The van der Waals surface area contributed by atoms with E-state index in [1.165, 1.54) is 42.2 Å². The van der Waals surface area contributed by atoms with Crippen LogP contribution in [0.1, 0.15) is 73.2 Å². The Morgan fingerprint density at radius 3 is 2.65 bits per heavy atom. The predicted octanol–water partition coefficient (Wildman–Crippen LogP) is 9.67. The number of carbonyl (C=O) groups excluding carboxylic acids is 1. The number of carbonyl (C=O) groups is 1. The Kier molecular flexibility index (Phi) is 8.97. The number of benzene rings is 3. The molecule has 0 radical (unpaired) electrons. The van der Waals surface area contributed by atoms with E-state index >= 15 is 0 Å². The lowest BCUT2D eigenvalue weighted by molar-refractivity contribution is -0.154. The predicted molar refractivity (Wildman–Crippen MR) is 170 cm³/mol. The van der Waals surface area contributed by atoms with Gasteiger partial charge in [0.05, 0.1) is 11.2 Å². The van der Waals surface area contributed by atoms with Gasteiger partial charge >= 0.3 is 5.97 Å². The molecule has 0 bridgehead atoms. The molecule has 1 aliphatic rings. The van der Waals surface area contributed by atoms with Gasteiger partial charge in [-0.2, -0.15) is 11.8 Å². The normalized spacial score (nSPS) is 14.5. The number of pyridine rings is 1. The third-order valence-electron chi connectivity index (χ3n) is 7.38. The molecule has 0 aliphatic heterocycles. The van der Waals surface area contributed by atoms with Gasteiger partial charge in [0.15, 0.2) is 0 Å². The number of fused-ring (bicyclic) bond motifs is 1. The molecule has 5 rings (SSSR count). The summed E-state index contributed by atoms with van der Waals surface area (Å²) in [7, 11) is 0. The van der Waals surface area contributed by atoms with E-state index in [-0.39, 0.29) is 5.97 Å². The van der Waals surface area contributed by atoms with Crippen LogP contribution in [-0.2, 0) is 21.6 Å². The highest BCUT2D eigenvalue weighted by atomic mass is 35.5. The summed E-state index contributed by atoms with van der Waals surface area (Å²) in [6, 6.07) is 27.2. The lowest BCUT2D eigenvalue weighted by Gasteiger charge is -2.28. The smallest absolute Gasteiger partial charge is 0.303 e. The second-order valence-corrected chi connectivity index (χ2v) is 12.8. The Hall–Kier alpha value is -3.08. The number of ether oxygens (including phenoxy) is 1. The lowest BCUT2D eigenvalue weighted by Crippen LogP contribution is -2.25. The Morgan fingerprint density at radius 2 is 1.85 bits per heavy atom. The first-order valence-electron chi connectivity index (χ1n) is 14.0. The standard InChI is InChI=1S/C35H36ClNO2S/c1-24(38)39-35(2,3)32-10-5-4-8-27(32)16-20-34(40-23-26-11-12-26)29-9-6-7-25(21-29)13-18-31-19-15-28-14-17-30(36)22-33(28)37-31/h4-10,13-15,17-19,21-22,26,34H,11-12,16,20,23H2,1-3H3/b18-13+/t34-/m1/s1. The fraction of sp³-hybridized carbons (Fsp3) is 0.314. The maximum atomic E-state index is 11.8. The van der Waals surface area contributed by atoms with Crippen LogP contribution in [0, 0.1) is 5.92 Å². The number of aromatic nitrogens is 1. The van der Waals surface area contributed by atoms with Gasteiger partial charge in [0, 0.05) is 22.6 Å². The molecule has 1 fully saturated rings.